The van der Waals surface area contributed by atoms with Gasteiger partial charge >= 0.3 is 11.9 Å². The molecule has 0 aliphatic heterocycles. The molecule has 148 valence electrons. The van der Waals surface area contributed by atoms with Crippen LogP contribution in [-0.4, -0.2) is 25.2 Å². The van der Waals surface area contributed by atoms with Crippen LogP contribution in [-0.2, 0) is 25.5 Å². The van der Waals surface area contributed by atoms with Crippen molar-refractivity contribution in [3.05, 3.63) is 75.9 Å². The summed E-state index contributed by atoms with van der Waals surface area (Å²) in [5.74, 6) is -1.16. The fourth-order valence-corrected chi connectivity index (χ4v) is 3.66. The van der Waals surface area contributed by atoms with E-state index in [1.54, 1.807) is 13.8 Å². The molecule has 5 heteroatoms. The third kappa shape index (κ3) is 5.22. The van der Waals surface area contributed by atoms with Gasteiger partial charge in [-0.25, -0.2) is 0 Å². The predicted octanol–water partition coefficient (Wildman–Crippen LogP) is 5.05. The van der Waals surface area contributed by atoms with Gasteiger partial charge in [0.15, 0.2) is 5.41 Å². The standard InChI is InChI=1S/C23H25IO4/c1-4-27-21(25)23(22(26)28-5-2,16-19-13-9-10-14-20(19)24)15-17(3)18-11-7-6-8-12-18/h6-14H,3-5,15-16H2,1-2H3. The van der Waals surface area contributed by atoms with Gasteiger partial charge in [-0.1, -0.05) is 55.1 Å². The summed E-state index contributed by atoms with van der Waals surface area (Å²) in [7, 11) is 0. The second-order valence-electron chi connectivity index (χ2n) is 6.44. The molecule has 0 bridgehead atoms. The Morgan fingerprint density at radius 2 is 1.46 bits per heavy atom. The maximum absolute atomic E-state index is 13.1. The maximum Gasteiger partial charge on any atom is 0.324 e. The molecule has 0 radical (unpaired) electrons. The quantitative estimate of drug-likeness (QED) is 0.279. The lowest BCUT2D eigenvalue weighted by Gasteiger charge is -2.30. The molecule has 2 aromatic rings. The van der Waals surface area contributed by atoms with Gasteiger partial charge in [-0.05, 0) is 65.6 Å². The maximum atomic E-state index is 13.1. The third-order valence-corrected chi connectivity index (χ3v) is 5.53. The zero-order valence-electron chi connectivity index (χ0n) is 16.2. The molecule has 0 fully saturated rings. The molecule has 0 saturated carbocycles. The summed E-state index contributed by atoms with van der Waals surface area (Å²) in [5, 5.41) is 0. The Morgan fingerprint density at radius 3 is 2.00 bits per heavy atom. The van der Waals surface area contributed by atoms with Crippen molar-refractivity contribution in [2.75, 3.05) is 13.2 Å². The number of rotatable bonds is 9. The smallest absolute Gasteiger partial charge is 0.324 e. The molecule has 0 spiro atoms. The molecule has 0 unspecified atom stereocenters. The second kappa shape index (κ2) is 10.4. The van der Waals surface area contributed by atoms with Gasteiger partial charge in [-0.15, -0.1) is 0 Å². The van der Waals surface area contributed by atoms with Crippen LogP contribution >= 0.6 is 22.6 Å². The topological polar surface area (TPSA) is 52.6 Å². The number of carbonyl (C=O) groups is 2. The Kier molecular flexibility index (Phi) is 8.23. The summed E-state index contributed by atoms with van der Waals surface area (Å²) < 4.78 is 11.7. The SMILES string of the molecule is C=C(CC(Cc1ccccc1I)(C(=O)OCC)C(=O)OCC)c1ccccc1. The highest BCUT2D eigenvalue weighted by Gasteiger charge is 2.49. The normalized spacial score (nSPS) is 11.0. The van der Waals surface area contributed by atoms with Crippen molar-refractivity contribution in [2.45, 2.75) is 26.7 Å². The largest absolute Gasteiger partial charge is 0.465 e. The molecule has 0 amide bonds. The number of carbonyl (C=O) groups excluding carboxylic acids is 2. The Labute approximate surface area is 180 Å². The van der Waals surface area contributed by atoms with Gasteiger partial charge in [0.1, 0.15) is 0 Å². The molecule has 0 heterocycles. The Balaban J connectivity index is 2.52. The van der Waals surface area contributed by atoms with Crippen molar-refractivity contribution in [3.63, 3.8) is 0 Å². The highest BCUT2D eigenvalue weighted by molar-refractivity contribution is 14.1. The minimum Gasteiger partial charge on any atom is -0.465 e. The molecular weight excluding hydrogens is 467 g/mol. The highest BCUT2D eigenvalue weighted by atomic mass is 127. The molecule has 2 aromatic carbocycles. The zero-order valence-corrected chi connectivity index (χ0v) is 18.4. The lowest BCUT2D eigenvalue weighted by molar-refractivity contribution is -0.171. The van der Waals surface area contributed by atoms with Crippen LogP contribution in [0.3, 0.4) is 0 Å². The summed E-state index contributed by atoms with van der Waals surface area (Å²) >= 11 is 2.21. The molecule has 0 aromatic heterocycles. The average molecular weight is 492 g/mol. The number of hydrogen-bond acceptors (Lipinski definition) is 4. The fraction of sp³-hybridized carbons (Fsp3) is 0.304. The van der Waals surface area contributed by atoms with E-state index in [0.29, 0.717) is 5.57 Å². The summed E-state index contributed by atoms with van der Waals surface area (Å²) in [4.78, 5) is 26.2. The van der Waals surface area contributed by atoms with Crippen LogP contribution in [0.1, 0.15) is 31.4 Å². The molecular formula is C23H25IO4. The van der Waals surface area contributed by atoms with E-state index in [4.69, 9.17) is 9.47 Å². The Morgan fingerprint density at radius 1 is 0.929 bits per heavy atom. The summed E-state index contributed by atoms with van der Waals surface area (Å²) in [5.41, 5.74) is 0.973. The average Bonchev–Trinajstić information content (AvgIpc) is 2.70. The number of halogens is 1. The summed E-state index contributed by atoms with van der Waals surface area (Å²) in [6, 6.07) is 17.2. The molecule has 0 N–H and O–H groups in total. The number of esters is 2. The van der Waals surface area contributed by atoms with Crippen LogP contribution in [0.2, 0.25) is 0 Å². The van der Waals surface area contributed by atoms with Gasteiger partial charge in [0.05, 0.1) is 13.2 Å². The molecule has 4 nitrogen and oxygen atoms in total. The van der Waals surface area contributed by atoms with Crippen molar-refractivity contribution >= 4 is 40.1 Å². The van der Waals surface area contributed by atoms with Gasteiger partial charge in [0, 0.05) is 9.99 Å². The molecule has 0 atom stereocenters. The van der Waals surface area contributed by atoms with Crippen molar-refractivity contribution in [3.8, 4) is 0 Å². The van der Waals surface area contributed by atoms with Gasteiger partial charge in [-0.3, -0.25) is 9.59 Å². The molecule has 28 heavy (non-hydrogen) atoms. The van der Waals surface area contributed by atoms with Crippen LogP contribution < -0.4 is 0 Å². The van der Waals surface area contributed by atoms with E-state index in [1.165, 1.54) is 0 Å². The zero-order chi connectivity index (χ0) is 20.6. The first kappa shape index (κ1) is 22.1. The monoisotopic (exact) mass is 492 g/mol. The first-order valence-electron chi connectivity index (χ1n) is 9.25. The molecule has 0 saturated heterocycles. The van der Waals surface area contributed by atoms with Crippen LogP contribution in [0, 0.1) is 8.99 Å². The van der Waals surface area contributed by atoms with E-state index < -0.39 is 17.4 Å². The number of benzene rings is 2. The van der Waals surface area contributed by atoms with Gasteiger partial charge in [0.25, 0.3) is 0 Å². The van der Waals surface area contributed by atoms with E-state index in [-0.39, 0.29) is 26.1 Å². The second-order valence-corrected chi connectivity index (χ2v) is 7.60. The first-order valence-corrected chi connectivity index (χ1v) is 10.3. The van der Waals surface area contributed by atoms with Crippen LogP contribution in [0.4, 0.5) is 0 Å². The number of allylic oxidation sites excluding steroid dienone is 1. The Bertz CT molecular complexity index is 812. The van der Waals surface area contributed by atoms with Crippen molar-refractivity contribution in [1.82, 2.24) is 0 Å². The van der Waals surface area contributed by atoms with E-state index >= 15 is 0 Å². The van der Waals surface area contributed by atoms with Crippen LogP contribution in [0.15, 0.2) is 61.2 Å². The number of ether oxygens (including phenoxy) is 2. The Hall–Kier alpha value is -2.15. The molecule has 0 aliphatic rings. The highest BCUT2D eigenvalue weighted by Crippen LogP contribution is 2.38. The number of hydrogen-bond donors (Lipinski definition) is 0. The van der Waals surface area contributed by atoms with E-state index in [0.717, 1.165) is 14.7 Å². The first-order chi connectivity index (χ1) is 13.4. The molecule has 0 aliphatic carbocycles. The van der Waals surface area contributed by atoms with Gasteiger partial charge < -0.3 is 9.47 Å². The van der Waals surface area contributed by atoms with E-state index in [2.05, 4.69) is 29.2 Å². The minimum absolute atomic E-state index is 0.125. The van der Waals surface area contributed by atoms with Crippen molar-refractivity contribution < 1.29 is 19.1 Å². The van der Waals surface area contributed by atoms with Crippen molar-refractivity contribution in [1.29, 1.82) is 0 Å². The summed E-state index contributed by atoms with van der Waals surface area (Å²) in [6.45, 7) is 7.97. The minimum atomic E-state index is -1.49. The third-order valence-electron chi connectivity index (χ3n) is 4.48. The van der Waals surface area contributed by atoms with E-state index in [9.17, 15) is 9.59 Å². The van der Waals surface area contributed by atoms with E-state index in [1.807, 2.05) is 54.6 Å². The lowest BCUT2D eigenvalue weighted by Crippen LogP contribution is -2.44. The van der Waals surface area contributed by atoms with Crippen LogP contribution in [0.5, 0.6) is 0 Å². The van der Waals surface area contributed by atoms with Gasteiger partial charge in [0.2, 0.25) is 0 Å². The lowest BCUT2D eigenvalue weighted by atomic mass is 9.75. The van der Waals surface area contributed by atoms with Crippen molar-refractivity contribution in [2.24, 2.45) is 5.41 Å². The summed E-state index contributed by atoms with van der Waals surface area (Å²) in [6.07, 6.45) is 0.315. The predicted molar refractivity (Wildman–Crippen MR) is 119 cm³/mol. The fourth-order valence-electron chi connectivity index (χ4n) is 3.08. The van der Waals surface area contributed by atoms with Gasteiger partial charge in [-0.2, -0.15) is 0 Å². The van der Waals surface area contributed by atoms with Crippen LogP contribution in [0.25, 0.3) is 5.57 Å². The molecule has 2 rings (SSSR count).